The number of carbonyl (C=O) groups excluding carboxylic acids is 1. The van der Waals surface area contributed by atoms with Gasteiger partial charge in [0, 0.05) is 32.9 Å². The molecule has 0 spiro atoms. The molecule has 1 amide bonds. The Morgan fingerprint density at radius 3 is 2.76 bits per heavy atom. The number of hydrogen-bond donors (Lipinski definition) is 0. The average molecular weight is 289 g/mol. The van der Waals surface area contributed by atoms with Crippen molar-refractivity contribution in [3.63, 3.8) is 0 Å². The third kappa shape index (κ3) is 4.19. The van der Waals surface area contributed by atoms with Crippen LogP contribution in [-0.2, 0) is 0 Å². The van der Waals surface area contributed by atoms with Crippen LogP contribution >= 0.6 is 0 Å². The van der Waals surface area contributed by atoms with Crippen molar-refractivity contribution in [3.8, 4) is 0 Å². The first-order chi connectivity index (χ1) is 10.1. The highest BCUT2D eigenvalue weighted by Crippen LogP contribution is 2.23. The topological polar surface area (TPSA) is 36.4 Å². The number of pyridine rings is 1. The van der Waals surface area contributed by atoms with E-state index in [2.05, 4.69) is 23.7 Å². The van der Waals surface area contributed by atoms with Gasteiger partial charge in [0.15, 0.2) is 0 Å². The van der Waals surface area contributed by atoms with Crippen LogP contribution in [0.1, 0.15) is 49.9 Å². The van der Waals surface area contributed by atoms with Crippen LogP contribution in [0.15, 0.2) is 18.5 Å². The Kier molecular flexibility index (Phi) is 5.59. The lowest BCUT2D eigenvalue weighted by atomic mass is 9.99. The van der Waals surface area contributed by atoms with Crippen molar-refractivity contribution < 1.29 is 4.79 Å². The van der Waals surface area contributed by atoms with Crippen molar-refractivity contribution in [3.05, 3.63) is 24.0 Å². The number of piperidine rings is 1. The molecule has 4 nitrogen and oxygen atoms in total. The fourth-order valence-corrected chi connectivity index (χ4v) is 2.70. The van der Waals surface area contributed by atoms with Crippen molar-refractivity contribution in [1.82, 2.24) is 9.88 Å². The minimum atomic E-state index is 0.0724. The highest BCUT2D eigenvalue weighted by Gasteiger charge is 2.18. The number of anilines is 1. The van der Waals surface area contributed by atoms with Crippen LogP contribution in [0.2, 0.25) is 0 Å². The summed E-state index contributed by atoms with van der Waals surface area (Å²) in [5.74, 6) is 0.877. The summed E-state index contributed by atoms with van der Waals surface area (Å²) in [6, 6.07) is 1.99. The van der Waals surface area contributed by atoms with E-state index in [4.69, 9.17) is 0 Å². The minimum absolute atomic E-state index is 0.0724. The largest absolute Gasteiger partial charge is 0.370 e. The molecule has 0 saturated carbocycles. The van der Waals surface area contributed by atoms with E-state index in [0.29, 0.717) is 5.56 Å². The van der Waals surface area contributed by atoms with Crippen molar-refractivity contribution >= 4 is 11.6 Å². The summed E-state index contributed by atoms with van der Waals surface area (Å²) in [5.41, 5.74) is 1.78. The van der Waals surface area contributed by atoms with E-state index in [0.717, 1.165) is 44.1 Å². The van der Waals surface area contributed by atoms with Crippen LogP contribution in [0.4, 0.5) is 5.69 Å². The van der Waals surface area contributed by atoms with Crippen molar-refractivity contribution in [2.45, 2.75) is 39.5 Å². The van der Waals surface area contributed by atoms with Gasteiger partial charge < -0.3 is 9.80 Å². The van der Waals surface area contributed by atoms with E-state index in [1.165, 1.54) is 12.8 Å². The average Bonchev–Trinajstić information content (AvgIpc) is 2.52. The molecule has 2 heterocycles. The fraction of sp³-hybridized carbons (Fsp3) is 0.647. The molecule has 2 rings (SSSR count). The van der Waals surface area contributed by atoms with Gasteiger partial charge in [0.05, 0.1) is 17.4 Å². The maximum absolute atomic E-state index is 12.4. The Labute approximate surface area is 128 Å². The van der Waals surface area contributed by atoms with Crippen LogP contribution < -0.4 is 4.90 Å². The lowest BCUT2D eigenvalue weighted by Crippen LogP contribution is -2.33. The number of amides is 1. The zero-order chi connectivity index (χ0) is 15.2. The van der Waals surface area contributed by atoms with Gasteiger partial charge in [0.1, 0.15) is 0 Å². The number of rotatable bonds is 5. The summed E-state index contributed by atoms with van der Waals surface area (Å²) in [6.45, 7) is 7.37. The Morgan fingerprint density at radius 2 is 2.10 bits per heavy atom. The molecule has 1 saturated heterocycles. The first kappa shape index (κ1) is 15.8. The van der Waals surface area contributed by atoms with Crippen molar-refractivity contribution in [2.24, 2.45) is 5.92 Å². The Morgan fingerprint density at radius 1 is 1.38 bits per heavy atom. The maximum Gasteiger partial charge on any atom is 0.255 e. The Balaban J connectivity index is 2.05. The molecule has 21 heavy (non-hydrogen) atoms. The van der Waals surface area contributed by atoms with Gasteiger partial charge in [0.25, 0.3) is 5.91 Å². The van der Waals surface area contributed by atoms with E-state index in [1.54, 1.807) is 11.1 Å². The third-order valence-corrected chi connectivity index (χ3v) is 4.31. The standard InChI is InChI=1S/C17H27N3O/c1-4-5-8-19(3)17(21)15-11-16(13-18-12-15)20-9-6-14(2)7-10-20/h11-14H,4-10H2,1-3H3. The molecule has 0 unspecified atom stereocenters. The number of hydrogen-bond acceptors (Lipinski definition) is 3. The summed E-state index contributed by atoms with van der Waals surface area (Å²) >= 11 is 0. The lowest BCUT2D eigenvalue weighted by Gasteiger charge is -2.32. The molecule has 0 radical (unpaired) electrons. The van der Waals surface area contributed by atoms with Gasteiger partial charge >= 0.3 is 0 Å². The summed E-state index contributed by atoms with van der Waals surface area (Å²) in [5, 5.41) is 0. The second-order valence-corrected chi connectivity index (χ2v) is 6.18. The first-order valence-corrected chi connectivity index (χ1v) is 8.07. The number of nitrogens with zero attached hydrogens (tertiary/aromatic N) is 3. The molecule has 0 atom stereocenters. The number of unbranched alkanes of at least 4 members (excludes halogenated alkanes) is 1. The SMILES string of the molecule is CCCCN(C)C(=O)c1cncc(N2CCC(C)CC2)c1. The molecule has 1 aromatic heterocycles. The molecule has 1 aliphatic heterocycles. The monoisotopic (exact) mass is 289 g/mol. The van der Waals surface area contributed by atoms with Crippen molar-refractivity contribution in [2.75, 3.05) is 31.6 Å². The van der Waals surface area contributed by atoms with Crippen LogP contribution in [0.5, 0.6) is 0 Å². The van der Waals surface area contributed by atoms with Crippen molar-refractivity contribution in [1.29, 1.82) is 0 Å². The van der Waals surface area contributed by atoms with Crippen LogP contribution in [0.25, 0.3) is 0 Å². The van der Waals surface area contributed by atoms with Gasteiger partial charge in [-0.05, 0) is 31.2 Å². The molecule has 116 valence electrons. The van der Waals surface area contributed by atoms with E-state index < -0.39 is 0 Å². The Hall–Kier alpha value is -1.58. The van der Waals surface area contributed by atoms with E-state index in [-0.39, 0.29) is 5.91 Å². The molecule has 0 N–H and O–H groups in total. The highest BCUT2D eigenvalue weighted by atomic mass is 16.2. The predicted octanol–water partition coefficient (Wildman–Crippen LogP) is 3.19. The minimum Gasteiger partial charge on any atom is -0.370 e. The normalized spacial score (nSPS) is 16.0. The zero-order valence-electron chi connectivity index (χ0n) is 13.5. The second-order valence-electron chi connectivity index (χ2n) is 6.18. The Bertz CT molecular complexity index is 467. The smallest absolute Gasteiger partial charge is 0.255 e. The first-order valence-electron chi connectivity index (χ1n) is 8.07. The number of carbonyl (C=O) groups is 1. The van der Waals surface area contributed by atoms with Gasteiger partial charge in [0.2, 0.25) is 0 Å². The van der Waals surface area contributed by atoms with Crippen LogP contribution in [-0.4, -0.2) is 42.5 Å². The van der Waals surface area contributed by atoms with E-state index in [9.17, 15) is 4.79 Å². The quantitative estimate of drug-likeness (QED) is 0.835. The molecule has 4 heteroatoms. The van der Waals surface area contributed by atoms with Crippen LogP contribution in [0.3, 0.4) is 0 Å². The van der Waals surface area contributed by atoms with Gasteiger partial charge in [-0.15, -0.1) is 0 Å². The third-order valence-electron chi connectivity index (χ3n) is 4.31. The van der Waals surface area contributed by atoms with Gasteiger partial charge in [-0.25, -0.2) is 0 Å². The molecule has 0 aromatic carbocycles. The lowest BCUT2D eigenvalue weighted by molar-refractivity contribution is 0.0793. The second kappa shape index (κ2) is 7.43. The molecule has 0 aliphatic carbocycles. The highest BCUT2D eigenvalue weighted by molar-refractivity contribution is 5.94. The number of aromatic nitrogens is 1. The van der Waals surface area contributed by atoms with Crippen LogP contribution in [0, 0.1) is 5.92 Å². The molecular weight excluding hydrogens is 262 g/mol. The fourth-order valence-electron chi connectivity index (χ4n) is 2.70. The molecule has 1 aromatic rings. The van der Waals surface area contributed by atoms with Gasteiger partial charge in [-0.2, -0.15) is 0 Å². The summed E-state index contributed by atoms with van der Waals surface area (Å²) < 4.78 is 0. The van der Waals surface area contributed by atoms with Gasteiger partial charge in [-0.3, -0.25) is 9.78 Å². The van der Waals surface area contributed by atoms with Gasteiger partial charge in [-0.1, -0.05) is 20.3 Å². The molecule has 0 bridgehead atoms. The van der Waals surface area contributed by atoms with E-state index in [1.807, 2.05) is 19.3 Å². The molecule has 1 aliphatic rings. The predicted molar refractivity (Wildman–Crippen MR) is 86.7 cm³/mol. The summed E-state index contributed by atoms with van der Waals surface area (Å²) in [7, 11) is 1.87. The van der Waals surface area contributed by atoms with E-state index >= 15 is 0 Å². The zero-order valence-corrected chi connectivity index (χ0v) is 13.5. The maximum atomic E-state index is 12.4. The molecular formula is C17H27N3O. The summed E-state index contributed by atoms with van der Waals surface area (Å²) in [6.07, 6.45) is 8.13. The summed E-state index contributed by atoms with van der Waals surface area (Å²) in [4.78, 5) is 20.8. The molecule has 1 fully saturated rings.